The fourth-order valence-corrected chi connectivity index (χ4v) is 2.39. The zero-order valence-corrected chi connectivity index (χ0v) is 12.6. The topological polar surface area (TPSA) is 30.2 Å². The van der Waals surface area contributed by atoms with E-state index in [1.165, 1.54) is 17.4 Å². The molecule has 0 saturated heterocycles. The predicted octanol–water partition coefficient (Wildman–Crippen LogP) is 4.63. The molecule has 0 amide bonds. The maximum atomic E-state index is 12.0. The Hall–Kier alpha value is -1.83. The number of hydrogen-bond donors (Lipinski definition) is 0. The van der Waals surface area contributed by atoms with Gasteiger partial charge in [-0.15, -0.1) is 0 Å². The molecule has 0 fully saturated rings. The monoisotopic (exact) mass is 270 g/mol. The summed E-state index contributed by atoms with van der Waals surface area (Å²) in [6.45, 7) is 8.70. The molecule has 0 spiro atoms. The van der Waals surface area contributed by atoms with Crippen LogP contribution in [0.4, 0.5) is 0 Å². The first-order valence-corrected chi connectivity index (χ1v) is 7.20. The largest absolute Gasteiger partial charge is 0.431 e. The van der Waals surface area contributed by atoms with Crippen LogP contribution in [0.2, 0.25) is 0 Å². The Morgan fingerprint density at radius 1 is 1.05 bits per heavy atom. The molecule has 0 aliphatic rings. The molecule has 1 aromatic carbocycles. The van der Waals surface area contributed by atoms with Crippen LogP contribution in [0, 0.1) is 5.92 Å². The summed E-state index contributed by atoms with van der Waals surface area (Å²) < 4.78 is 5.02. The SMILES string of the molecule is CC(C)Cc1ccc(C(C)C)cc1-c1cccoc1=O. The van der Waals surface area contributed by atoms with Crippen molar-refractivity contribution in [2.24, 2.45) is 5.92 Å². The highest BCUT2D eigenvalue weighted by atomic mass is 16.4. The lowest BCUT2D eigenvalue weighted by Crippen LogP contribution is -2.06. The fraction of sp³-hybridized carbons (Fsp3) is 0.389. The van der Waals surface area contributed by atoms with E-state index in [1.807, 2.05) is 6.07 Å². The van der Waals surface area contributed by atoms with Crippen molar-refractivity contribution >= 4 is 0 Å². The zero-order valence-electron chi connectivity index (χ0n) is 12.6. The van der Waals surface area contributed by atoms with Gasteiger partial charge in [-0.25, -0.2) is 4.79 Å². The molecule has 0 unspecified atom stereocenters. The Morgan fingerprint density at radius 2 is 1.80 bits per heavy atom. The summed E-state index contributed by atoms with van der Waals surface area (Å²) in [5.41, 5.74) is 3.86. The van der Waals surface area contributed by atoms with E-state index in [-0.39, 0.29) is 5.63 Å². The van der Waals surface area contributed by atoms with Gasteiger partial charge in [0.2, 0.25) is 0 Å². The van der Waals surface area contributed by atoms with Gasteiger partial charge in [-0.1, -0.05) is 45.9 Å². The molecule has 0 bridgehead atoms. The van der Waals surface area contributed by atoms with Crippen LogP contribution in [-0.4, -0.2) is 0 Å². The molecule has 0 aliphatic heterocycles. The highest BCUT2D eigenvalue weighted by Crippen LogP contribution is 2.27. The maximum Gasteiger partial charge on any atom is 0.343 e. The lowest BCUT2D eigenvalue weighted by molar-refractivity contribution is 0.513. The lowest BCUT2D eigenvalue weighted by atomic mass is 9.90. The van der Waals surface area contributed by atoms with Crippen molar-refractivity contribution in [3.63, 3.8) is 0 Å². The molecule has 2 nitrogen and oxygen atoms in total. The van der Waals surface area contributed by atoms with Crippen molar-refractivity contribution in [2.45, 2.75) is 40.0 Å². The van der Waals surface area contributed by atoms with Crippen LogP contribution in [-0.2, 0) is 6.42 Å². The Balaban J connectivity index is 2.60. The number of benzene rings is 1. The lowest BCUT2D eigenvalue weighted by Gasteiger charge is -2.14. The molecule has 0 N–H and O–H groups in total. The van der Waals surface area contributed by atoms with Gasteiger partial charge >= 0.3 is 5.63 Å². The molecule has 2 heteroatoms. The summed E-state index contributed by atoms with van der Waals surface area (Å²) in [6, 6.07) is 10.1. The van der Waals surface area contributed by atoms with Crippen LogP contribution in [0.5, 0.6) is 0 Å². The van der Waals surface area contributed by atoms with E-state index >= 15 is 0 Å². The minimum Gasteiger partial charge on any atom is -0.431 e. The molecule has 0 aliphatic carbocycles. The molecule has 20 heavy (non-hydrogen) atoms. The van der Waals surface area contributed by atoms with Gasteiger partial charge in [-0.2, -0.15) is 0 Å². The van der Waals surface area contributed by atoms with E-state index in [9.17, 15) is 4.79 Å². The molecule has 2 aromatic rings. The van der Waals surface area contributed by atoms with Crippen molar-refractivity contribution in [3.05, 3.63) is 58.1 Å². The van der Waals surface area contributed by atoms with E-state index in [2.05, 4.69) is 45.9 Å². The minimum absolute atomic E-state index is 0.265. The Kier molecular flexibility index (Phi) is 4.43. The summed E-state index contributed by atoms with van der Waals surface area (Å²) in [5.74, 6) is 0.993. The summed E-state index contributed by atoms with van der Waals surface area (Å²) in [7, 11) is 0. The molecular weight excluding hydrogens is 248 g/mol. The summed E-state index contributed by atoms with van der Waals surface area (Å²) >= 11 is 0. The van der Waals surface area contributed by atoms with Crippen LogP contribution < -0.4 is 5.63 Å². The van der Waals surface area contributed by atoms with E-state index in [4.69, 9.17) is 4.42 Å². The van der Waals surface area contributed by atoms with Crippen LogP contribution in [0.3, 0.4) is 0 Å². The van der Waals surface area contributed by atoms with Gasteiger partial charge in [-0.3, -0.25) is 0 Å². The maximum absolute atomic E-state index is 12.0. The molecular formula is C18H22O2. The normalized spacial score (nSPS) is 11.3. The Morgan fingerprint density at radius 3 is 2.40 bits per heavy atom. The summed E-state index contributed by atoms with van der Waals surface area (Å²) in [4.78, 5) is 12.0. The van der Waals surface area contributed by atoms with Gasteiger partial charge in [0.1, 0.15) is 0 Å². The van der Waals surface area contributed by atoms with Crippen molar-refractivity contribution in [1.29, 1.82) is 0 Å². The van der Waals surface area contributed by atoms with Gasteiger partial charge in [0, 0.05) is 0 Å². The van der Waals surface area contributed by atoms with Gasteiger partial charge in [0.05, 0.1) is 11.8 Å². The molecule has 0 saturated carbocycles. The zero-order chi connectivity index (χ0) is 14.7. The van der Waals surface area contributed by atoms with Gasteiger partial charge in [-0.05, 0) is 47.1 Å². The third-order valence-corrected chi connectivity index (χ3v) is 3.46. The van der Waals surface area contributed by atoms with Crippen molar-refractivity contribution in [3.8, 4) is 11.1 Å². The Bertz CT molecular complexity index is 636. The van der Waals surface area contributed by atoms with Crippen molar-refractivity contribution in [1.82, 2.24) is 0 Å². The molecule has 2 rings (SSSR count). The molecule has 106 valence electrons. The first-order valence-electron chi connectivity index (χ1n) is 7.20. The minimum atomic E-state index is -0.265. The average molecular weight is 270 g/mol. The second-order valence-electron chi connectivity index (χ2n) is 5.98. The van der Waals surface area contributed by atoms with Gasteiger partial charge in [0.25, 0.3) is 0 Å². The average Bonchev–Trinajstić information content (AvgIpc) is 2.39. The van der Waals surface area contributed by atoms with Crippen LogP contribution in [0.25, 0.3) is 11.1 Å². The molecule has 1 aromatic heterocycles. The van der Waals surface area contributed by atoms with Crippen LogP contribution in [0.15, 0.2) is 45.8 Å². The smallest absolute Gasteiger partial charge is 0.343 e. The highest BCUT2D eigenvalue weighted by Gasteiger charge is 2.13. The predicted molar refractivity (Wildman–Crippen MR) is 83.0 cm³/mol. The molecule has 0 atom stereocenters. The number of rotatable bonds is 4. The fourth-order valence-electron chi connectivity index (χ4n) is 2.39. The van der Waals surface area contributed by atoms with Crippen molar-refractivity contribution in [2.75, 3.05) is 0 Å². The first kappa shape index (κ1) is 14.6. The second kappa shape index (κ2) is 6.08. The van der Waals surface area contributed by atoms with E-state index in [1.54, 1.807) is 6.07 Å². The standard InChI is InChI=1S/C18H22O2/c1-12(2)10-15-8-7-14(13(3)4)11-17(15)16-6-5-9-20-18(16)19/h5-9,11-13H,10H2,1-4H3. The third-order valence-electron chi connectivity index (χ3n) is 3.46. The van der Waals surface area contributed by atoms with E-state index < -0.39 is 0 Å². The summed E-state index contributed by atoms with van der Waals surface area (Å²) in [6.07, 6.45) is 2.39. The van der Waals surface area contributed by atoms with E-state index in [0.717, 1.165) is 12.0 Å². The first-order chi connectivity index (χ1) is 9.49. The molecule has 0 radical (unpaired) electrons. The summed E-state index contributed by atoms with van der Waals surface area (Å²) in [5, 5.41) is 0. The van der Waals surface area contributed by atoms with Gasteiger partial charge in [0.15, 0.2) is 0 Å². The highest BCUT2D eigenvalue weighted by molar-refractivity contribution is 5.67. The number of hydrogen-bond acceptors (Lipinski definition) is 2. The third kappa shape index (κ3) is 3.19. The van der Waals surface area contributed by atoms with Crippen molar-refractivity contribution < 1.29 is 4.42 Å². The quantitative estimate of drug-likeness (QED) is 0.811. The van der Waals surface area contributed by atoms with E-state index in [0.29, 0.717) is 17.4 Å². The van der Waals surface area contributed by atoms with Crippen LogP contribution >= 0.6 is 0 Å². The van der Waals surface area contributed by atoms with Crippen LogP contribution in [0.1, 0.15) is 44.7 Å². The molecule has 1 heterocycles. The van der Waals surface area contributed by atoms with Gasteiger partial charge < -0.3 is 4.42 Å². The Labute approximate surface area is 120 Å². The second-order valence-corrected chi connectivity index (χ2v) is 5.98.